The van der Waals surface area contributed by atoms with Crippen molar-refractivity contribution in [3.05, 3.63) is 0 Å². The smallest absolute Gasteiger partial charge is 0.311 e. The summed E-state index contributed by atoms with van der Waals surface area (Å²) in [5.41, 5.74) is -0.547. The van der Waals surface area contributed by atoms with Gasteiger partial charge in [0, 0.05) is 12.6 Å². The van der Waals surface area contributed by atoms with Gasteiger partial charge in [-0.2, -0.15) is 0 Å². The number of hydrogen-bond donors (Lipinski definition) is 2. The molecular formula is C13H22N2O3. The molecule has 102 valence electrons. The van der Waals surface area contributed by atoms with Gasteiger partial charge in [-0.05, 0) is 38.6 Å². The molecule has 1 saturated heterocycles. The zero-order valence-electron chi connectivity index (χ0n) is 11.1. The summed E-state index contributed by atoms with van der Waals surface area (Å²) in [5, 5.41) is 12.2. The normalized spacial score (nSPS) is 32.4. The number of likely N-dealkylation sites (tertiary alicyclic amines) is 1. The molecule has 18 heavy (non-hydrogen) atoms. The first-order chi connectivity index (χ1) is 8.48. The molecule has 5 heteroatoms. The predicted octanol–water partition coefficient (Wildman–Crippen LogP) is 0.698. The largest absolute Gasteiger partial charge is 0.481 e. The van der Waals surface area contributed by atoms with Crippen molar-refractivity contribution in [3.63, 3.8) is 0 Å². The molecule has 0 aromatic carbocycles. The van der Waals surface area contributed by atoms with Crippen LogP contribution in [0.4, 0.5) is 0 Å². The molecule has 3 unspecified atom stereocenters. The second kappa shape index (κ2) is 4.88. The lowest BCUT2D eigenvalue weighted by Crippen LogP contribution is -2.46. The lowest BCUT2D eigenvalue weighted by atomic mass is 9.97. The Bertz CT molecular complexity index is 358. The fraction of sp³-hybridized carbons (Fsp3) is 0.846. The first-order valence-corrected chi connectivity index (χ1v) is 6.73. The number of rotatable bonds is 5. The molecule has 0 radical (unpaired) electrons. The Hall–Kier alpha value is -1.10. The monoisotopic (exact) mass is 254 g/mol. The highest BCUT2D eigenvalue weighted by atomic mass is 16.4. The minimum absolute atomic E-state index is 0.00369. The van der Waals surface area contributed by atoms with Crippen LogP contribution in [0.15, 0.2) is 0 Å². The number of nitrogens with one attached hydrogen (secondary N) is 1. The average Bonchev–Trinajstić information content (AvgIpc) is 3.03. The highest BCUT2D eigenvalue weighted by Crippen LogP contribution is 2.57. The van der Waals surface area contributed by atoms with Crippen LogP contribution in [0, 0.1) is 11.3 Å². The van der Waals surface area contributed by atoms with E-state index in [9.17, 15) is 14.7 Å². The molecule has 2 N–H and O–H groups in total. The van der Waals surface area contributed by atoms with Crippen LogP contribution in [0.5, 0.6) is 0 Å². The molecule has 1 aliphatic carbocycles. The van der Waals surface area contributed by atoms with Crippen LogP contribution in [0.1, 0.15) is 33.1 Å². The Morgan fingerprint density at radius 3 is 2.89 bits per heavy atom. The maximum atomic E-state index is 11.8. The van der Waals surface area contributed by atoms with Crippen molar-refractivity contribution >= 4 is 11.9 Å². The molecule has 1 heterocycles. The molecule has 2 fully saturated rings. The van der Waals surface area contributed by atoms with Crippen LogP contribution in [-0.4, -0.2) is 47.6 Å². The zero-order chi connectivity index (χ0) is 13.3. The van der Waals surface area contributed by atoms with E-state index >= 15 is 0 Å². The Balaban J connectivity index is 1.84. The van der Waals surface area contributed by atoms with Crippen molar-refractivity contribution in [2.24, 2.45) is 11.3 Å². The molecule has 3 atom stereocenters. The lowest BCUT2D eigenvalue weighted by Gasteiger charge is -2.30. The van der Waals surface area contributed by atoms with Gasteiger partial charge in [-0.15, -0.1) is 0 Å². The summed E-state index contributed by atoms with van der Waals surface area (Å²) in [6, 6.07) is 0.185. The third kappa shape index (κ3) is 2.51. The van der Waals surface area contributed by atoms with Gasteiger partial charge in [0.15, 0.2) is 0 Å². The number of piperidine rings is 1. The maximum Gasteiger partial charge on any atom is 0.311 e. The van der Waals surface area contributed by atoms with Crippen LogP contribution >= 0.6 is 0 Å². The van der Waals surface area contributed by atoms with E-state index in [4.69, 9.17) is 0 Å². The number of aliphatic carboxylic acids is 1. The summed E-state index contributed by atoms with van der Waals surface area (Å²) in [5.74, 6) is -0.354. The van der Waals surface area contributed by atoms with Gasteiger partial charge in [0.05, 0.1) is 12.0 Å². The molecule has 1 amide bonds. The number of carboxylic acids is 1. The van der Waals surface area contributed by atoms with Crippen molar-refractivity contribution in [1.29, 1.82) is 0 Å². The van der Waals surface area contributed by atoms with Gasteiger partial charge in [-0.25, -0.2) is 0 Å². The molecule has 0 bridgehead atoms. The average molecular weight is 254 g/mol. The van der Waals surface area contributed by atoms with Crippen molar-refractivity contribution in [3.8, 4) is 0 Å². The van der Waals surface area contributed by atoms with E-state index in [1.54, 1.807) is 0 Å². The quantitative estimate of drug-likeness (QED) is 0.757. The fourth-order valence-corrected chi connectivity index (χ4v) is 2.86. The number of hydrogen-bond acceptors (Lipinski definition) is 3. The minimum Gasteiger partial charge on any atom is -0.481 e. The van der Waals surface area contributed by atoms with E-state index < -0.39 is 11.4 Å². The topological polar surface area (TPSA) is 69.6 Å². The van der Waals surface area contributed by atoms with E-state index in [1.165, 1.54) is 0 Å². The van der Waals surface area contributed by atoms with Gasteiger partial charge >= 0.3 is 5.97 Å². The summed E-state index contributed by atoms with van der Waals surface area (Å²) < 4.78 is 0. The number of nitrogens with zero attached hydrogens (tertiary/aromatic N) is 1. The first-order valence-electron chi connectivity index (χ1n) is 6.73. The Labute approximate surface area is 108 Å². The van der Waals surface area contributed by atoms with Crippen LogP contribution in [0.25, 0.3) is 0 Å². The standard InChI is InChI=1S/C13H22N2O3/c1-3-9(2)14-11(16)7-15-5-4-10-6-13(10,8-15)12(17)18/h9-10H,3-8H2,1-2H3,(H,14,16)(H,17,18). The van der Waals surface area contributed by atoms with Crippen LogP contribution in [-0.2, 0) is 9.59 Å². The number of amides is 1. The van der Waals surface area contributed by atoms with Crippen molar-refractivity contribution in [2.45, 2.75) is 39.2 Å². The molecule has 0 aromatic heterocycles. The van der Waals surface area contributed by atoms with Gasteiger partial charge in [0.1, 0.15) is 0 Å². The Morgan fingerprint density at radius 1 is 1.56 bits per heavy atom. The number of carbonyl (C=O) groups is 2. The highest BCUT2D eigenvalue weighted by molar-refractivity contribution is 5.80. The predicted molar refractivity (Wildman–Crippen MR) is 67.1 cm³/mol. The zero-order valence-corrected chi connectivity index (χ0v) is 11.1. The van der Waals surface area contributed by atoms with Gasteiger partial charge in [0.2, 0.25) is 5.91 Å². The molecule has 2 rings (SSSR count). The molecule has 2 aliphatic rings. The van der Waals surface area contributed by atoms with E-state index in [-0.39, 0.29) is 11.9 Å². The van der Waals surface area contributed by atoms with Crippen LogP contribution in [0.3, 0.4) is 0 Å². The van der Waals surface area contributed by atoms with E-state index in [1.807, 2.05) is 18.7 Å². The molecule has 1 saturated carbocycles. The lowest BCUT2D eigenvalue weighted by molar-refractivity contribution is -0.146. The molecule has 0 spiro atoms. The second-order valence-electron chi connectivity index (χ2n) is 5.74. The SMILES string of the molecule is CCC(C)NC(=O)CN1CCC2CC2(C(=O)O)C1. The number of fused-ring (bicyclic) bond motifs is 1. The van der Waals surface area contributed by atoms with Crippen LogP contribution < -0.4 is 5.32 Å². The molecular weight excluding hydrogens is 232 g/mol. The highest BCUT2D eigenvalue weighted by Gasteiger charge is 2.62. The van der Waals surface area contributed by atoms with Gasteiger partial charge < -0.3 is 10.4 Å². The van der Waals surface area contributed by atoms with Gasteiger partial charge in [-0.1, -0.05) is 6.92 Å². The molecule has 0 aromatic rings. The van der Waals surface area contributed by atoms with E-state index in [0.717, 1.165) is 25.8 Å². The summed E-state index contributed by atoms with van der Waals surface area (Å²) >= 11 is 0. The van der Waals surface area contributed by atoms with Crippen molar-refractivity contribution in [1.82, 2.24) is 10.2 Å². The third-order valence-electron chi connectivity index (χ3n) is 4.34. The summed E-state index contributed by atoms with van der Waals surface area (Å²) in [7, 11) is 0. The van der Waals surface area contributed by atoms with Gasteiger partial charge in [-0.3, -0.25) is 14.5 Å². The number of carboxylic acid groups (broad SMARTS) is 1. The van der Waals surface area contributed by atoms with Crippen LogP contribution in [0.2, 0.25) is 0 Å². The Kier molecular flexibility index (Phi) is 3.61. The number of carbonyl (C=O) groups excluding carboxylic acids is 1. The Morgan fingerprint density at radius 2 is 2.28 bits per heavy atom. The summed E-state index contributed by atoms with van der Waals surface area (Å²) in [6.45, 7) is 5.70. The second-order valence-corrected chi connectivity index (χ2v) is 5.74. The fourth-order valence-electron chi connectivity index (χ4n) is 2.86. The molecule has 1 aliphatic heterocycles. The van der Waals surface area contributed by atoms with E-state index in [0.29, 0.717) is 19.0 Å². The van der Waals surface area contributed by atoms with Crippen molar-refractivity contribution < 1.29 is 14.7 Å². The minimum atomic E-state index is -0.695. The van der Waals surface area contributed by atoms with E-state index in [2.05, 4.69) is 5.32 Å². The molecule has 5 nitrogen and oxygen atoms in total. The van der Waals surface area contributed by atoms with Gasteiger partial charge in [0.25, 0.3) is 0 Å². The summed E-state index contributed by atoms with van der Waals surface area (Å²) in [4.78, 5) is 25.0. The first kappa shape index (κ1) is 13.3. The van der Waals surface area contributed by atoms with Crippen molar-refractivity contribution in [2.75, 3.05) is 19.6 Å². The third-order valence-corrected chi connectivity index (χ3v) is 4.34. The summed E-state index contributed by atoms with van der Waals surface area (Å²) in [6.07, 6.45) is 2.60. The maximum absolute atomic E-state index is 11.8.